The van der Waals surface area contributed by atoms with E-state index < -0.39 is 59.0 Å². The number of likely N-dealkylation sites (tertiary alicyclic amines) is 1. The van der Waals surface area contributed by atoms with E-state index in [1.165, 1.54) is 24.7 Å². The predicted octanol–water partition coefficient (Wildman–Crippen LogP) is 3.64. The molecule has 1 saturated heterocycles. The molecule has 5 amide bonds. The molecule has 294 valence electrons. The fraction of sp³-hybridized carbons (Fsp3) is 0.659. The van der Waals surface area contributed by atoms with Gasteiger partial charge in [-0.25, -0.2) is 4.98 Å². The van der Waals surface area contributed by atoms with Crippen molar-refractivity contribution in [1.29, 1.82) is 0 Å². The van der Waals surface area contributed by atoms with Gasteiger partial charge in [0.05, 0.1) is 12.2 Å². The van der Waals surface area contributed by atoms with Crippen molar-refractivity contribution in [3.63, 3.8) is 0 Å². The molecule has 0 spiro atoms. The van der Waals surface area contributed by atoms with Gasteiger partial charge < -0.3 is 26.2 Å². The zero-order valence-corrected chi connectivity index (χ0v) is 32.2. The Balaban J connectivity index is 1.66. The van der Waals surface area contributed by atoms with E-state index >= 15 is 4.79 Å². The van der Waals surface area contributed by atoms with Crippen LogP contribution in [0.25, 0.3) is 0 Å². The van der Waals surface area contributed by atoms with Crippen LogP contribution in [0.15, 0.2) is 31.2 Å². The van der Waals surface area contributed by atoms with E-state index in [4.69, 9.17) is 6.42 Å². The highest BCUT2D eigenvalue weighted by Crippen LogP contribution is 2.41. The standard InChI is InChI=1S/C41H59N7O6/c1-6-8-17-30(34(49)39(53)44-21-7-2)45-38(52)33-29(25-27(3)4)18-24-48(33)40(54)35(41(5)19-13-10-14-20-41)47-37(51)32(28-15-11-9-12-16-28)46-36(50)31-26-42-22-23-43-31/h1,7,22-23,26-30,32-33,35H,2,8-21,24-25H2,3-5H3,(H,44,53)(H,45,52)(H,46,50)(H,47,51)/t29-,30?,32+,33+,35-/m1/s1. The van der Waals surface area contributed by atoms with Gasteiger partial charge in [0.25, 0.3) is 11.8 Å². The Hall–Kier alpha value is -4.60. The van der Waals surface area contributed by atoms with Gasteiger partial charge in [-0.3, -0.25) is 33.8 Å². The van der Waals surface area contributed by atoms with Gasteiger partial charge in [-0.15, -0.1) is 18.9 Å². The quantitative estimate of drug-likeness (QED) is 0.106. The molecule has 0 bridgehead atoms. The van der Waals surface area contributed by atoms with Crippen LogP contribution in [0.3, 0.4) is 0 Å². The molecule has 3 fully saturated rings. The molecule has 2 aliphatic carbocycles. The first-order chi connectivity index (χ1) is 25.9. The second-order valence-electron chi connectivity index (χ2n) is 15.9. The summed E-state index contributed by atoms with van der Waals surface area (Å²) in [5, 5.41) is 11.3. The topological polar surface area (TPSA) is 180 Å². The molecule has 4 rings (SSSR count). The van der Waals surface area contributed by atoms with Gasteiger partial charge in [0, 0.05) is 31.9 Å². The first kappa shape index (κ1) is 42.1. The highest BCUT2D eigenvalue weighted by Gasteiger charge is 2.50. The number of nitrogens with zero attached hydrogens (tertiary/aromatic N) is 3. The summed E-state index contributed by atoms with van der Waals surface area (Å²) in [6.45, 7) is 10.1. The number of nitrogens with one attached hydrogen (secondary N) is 4. The maximum absolute atomic E-state index is 15.1. The van der Waals surface area contributed by atoms with Crippen molar-refractivity contribution in [3.8, 4) is 12.3 Å². The third kappa shape index (κ3) is 11.0. The van der Waals surface area contributed by atoms with Crippen molar-refractivity contribution in [3.05, 3.63) is 36.9 Å². The molecule has 3 aliphatic rings. The third-order valence-electron chi connectivity index (χ3n) is 11.4. The number of rotatable bonds is 17. The van der Waals surface area contributed by atoms with Gasteiger partial charge >= 0.3 is 0 Å². The summed E-state index contributed by atoms with van der Waals surface area (Å²) < 4.78 is 0. The highest BCUT2D eigenvalue weighted by atomic mass is 16.2. The van der Waals surface area contributed by atoms with Crippen LogP contribution in [0.5, 0.6) is 0 Å². The second kappa shape index (κ2) is 20.2. The van der Waals surface area contributed by atoms with Gasteiger partial charge in [0.2, 0.25) is 23.5 Å². The summed E-state index contributed by atoms with van der Waals surface area (Å²) in [5.41, 5.74) is -0.514. The zero-order chi connectivity index (χ0) is 39.3. The molecule has 4 N–H and O–H groups in total. The monoisotopic (exact) mass is 745 g/mol. The molecule has 13 nitrogen and oxygen atoms in total. The average Bonchev–Trinajstić information content (AvgIpc) is 3.59. The van der Waals surface area contributed by atoms with Crippen LogP contribution in [0, 0.1) is 35.5 Å². The van der Waals surface area contributed by atoms with Crippen LogP contribution in [0.2, 0.25) is 0 Å². The lowest BCUT2D eigenvalue weighted by atomic mass is 9.69. The lowest BCUT2D eigenvalue weighted by Gasteiger charge is -2.43. The van der Waals surface area contributed by atoms with Gasteiger partial charge in [-0.2, -0.15) is 0 Å². The number of aromatic nitrogens is 2. The Labute approximate surface area is 320 Å². The largest absolute Gasteiger partial charge is 0.346 e. The highest BCUT2D eigenvalue weighted by molar-refractivity contribution is 6.38. The Morgan fingerprint density at radius 2 is 1.70 bits per heavy atom. The summed E-state index contributed by atoms with van der Waals surface area (Å²) >= 11 is 0. The van der Waals surface area contributed by atoms with E-state index in [9.17, 15) is 24.0 Å². The van der Waals surface area contributed by atoms with Gasteiger partial charge in [0.1, 0.15) is 23.8 Å². The molecule has 1 unspecified atom stereocenters. The Morgan fingerprint density at radius 3 is 2.33 bits per heavy atom. The number of carbonyl (C=O) groups is 6. The van der Waals surface area contributed by atoms with E-state index in [1.807, 2.05) is 6.92 Å². The van der Waals surface area contributed by atoms with Crippen molar-refractivity contribution >= 4 is 35.3 Å². The molecule has 0 radical (unpaired) electrons. The number of Topliss-reactive ketones (excluding diaryl/α,β-unsaturated/α-hetero) is 1. The van der Waals surface area contributed by atoms with Crippen molar-refractivity contribution < 1.29 is 28.8 Å². The minimum absolute atomic E-state index is 0.0533. The van der Waals surface area contributed by atoms with E-state index in [0.717, 1.165) is 51.4 Å². The van der Waals surface area contributed by atoms with Crippen LogP contribution in [-0.4, -0.2) is 87.4 Å². The average molecular weight is 746 g/mol. The zero-order valence-electron chi connectivity index (χ0n) is 32.2. The SMILES string of the molecule is C#CCCC(NC(=O)[C@@H]1[C@@H](CC(C)C)CCN1C(=O)[C@@H](NC(=O)[C@@H](NC(=O)c1cnccn1)C1CCCCC1)C1(C)CCCCC1)C(=O)C(=O)NCC=C. The van der Waals surface area contributed by atoms with Gasteiger partial charge in [-0.1, -0.05) is 65.4 Å². The minimum Gasteiger partial charge on any atom is -0.346 e. The third-order valence-corrected chi connectivity index (χ3v) is 11.4. The van der Waals surface area contributed by atoms with Crippen molar-refractivity contribution in [1.82, 2.24) is 36.1 Å². The fourth-order valence-electron chi connectivity index (χ4n) is 8.55. The van der Waals surface area contributed by atoms with Crippen LogP contribution < -0.4 is 21.3 Å². The summed E-state index contributed by atoms with van der Waals surface area (Å²) in [6.07, 6.45) is 21.2. The molecule has 1 aromatic heterocycles. The van der Waals surface area contributed by atoms with E-state index in [0.29, 0.717) is 25.7 Å². The predicted molar refractivity (Wildman–Crippen MR) is 204 cm³/mol. The molecule has 5 atom stereocenters. The molecule has 0 aromatic carbocycles. The molecule has 54 heavy (non-hydrogen) atoms. The maximum atomic E-state index is 15.1. The maximum Gasteiger partial charge on any atom is 0.289 e. The van der Waals surface area contributed by atoms with E-state index in [1.54, 1.807) is 4.90 Å². The molecule has 13 heteroatoms. The smallest absolute Gasteiger partial charge is 0.289 e. The Bertz CT molecular complexity index is 1530. The first-order valence-corrected chi connectivity index (χ1v) is 19.7. The number of carbonyl (C=O) groups excluding carboxylic acids is 6. The van der Waals surface area contributed by atoms with Crippen LogP contribution >= 0.6 is 0 Å². The van der Waals surface area contributed by atoms with Crippen LogP contribution in [-0.2, 0) is 24.0 Å². The van der Waals surface area contributed by atoms with Gasteiger partial charge in [-0.05, 0) is 68.1 Å². The number of hydrogen-bond acceptors (Lipinski definition) is 8. The second-order valence-corrected chi connectivity index (χ2v) is 15.9. The Kier molecular flexibility index (Phi) is 15.8. The van der Waals surface area contributed by atoms with Crippen molar-refractivity contribution in [2.75, 3.05) is 13.1 Å². The number of hydrogen-bond donors (Lipinski definition) is 4. The van der Waals surface area contributed by atoms with E-state index in [2.05, 4.69) is 57.6 Å². The van der Waals surface area contributed by atoms with Crippen LogP contribution in [0.4, 0.5) is 0 Å². The molecular formula is C41H59N7O6. The molecule has 2 heterocycles. The minimum atomic E-state index is -1.18. The Morgan fingerprint density at radius 1 is 1.00 bits per heavy atom. The first-order valence-electron chi connectivity index (χ1n) is 19.7. The molecular weight excluding hydrogens is 686 g/mol. The number of terminal acetylenes is 1. The van der Waals surface area contributed by atoms with Crippen LogP contribution in [0.1, 0.15) is 121 Å². The summed E-state index contributed by atoms with van der Waals surface area (Å²) in [4.78, 5) is 92.8. The van der Waals surface area contributed by atoms with Crippen molar-refractivity contribution in [2.24, 2.45) is 23.2 Å². The fourth-order valence-corrected chi connectivity index (χ4v) is 8.55. The van der Waals surface area contributed by atoms with Gasteiger partial charge in [0.15, 0.2) is 0 Å². The molecule has 2 saturated carbocycles. The lowest BCUT2D eigenvalue weighted by Crippen LogP contribution is -2.63. The normalized spacial score (nSPS) is 21.5. The number of amides is 5. The van der Waals surface area contributed by atoms with E-state index in [-0.39, 0.29) is 55.3 Å². The van der Waals surface area contributed by atoms with Crippen molar-refractivity contribution in [2.45, 2.75) is 135 Å². The molecule has 1 aliphatic heterocycles. The number of ketones is 1. The molecule has 1 aromatic rings. The summed E-state index contributed by atoms with van der Waals surface area (Å²) in [5.74, 6) is -1.19. The lowest BCUT2D eigenvalue weighted by molar-refractivity contribution is -0.147. The summed E-state index contributed by atoms with van der Waals surface area (Å²) in [6, 6.07) is -3.99. The summed E-state index contributed by atoms with van der Waals surface area (Å²) in [7, 11) is 0.